The van der Waals surface area contributed by atoms with Crippen LogP contribution in [0.3, 0.4) is 0 Å². The topological polar surface area (TPSA) is 51.2 Å². The monoisotopic (exact) mass is 378 g/mol. The first-order valence-electron chi connectivity index (χ1n) is 9.81. The molecule has 0 aliphatic rings. The first kappa shape index (κ1) is 24.0. The molecule has 5 heteroatoms. The molecule has 0 heterocycles. The average molecular weight is 379 g/mol. The number of rotatable bonds is 17. The van der Waals surface area contributed by atoms with Crippen molar-refractivity contribution in [1.29, 1.82) is 0 Å². The number of carbonyl (C=O) groups is 1. The number of sulfone groups is 1. The maximum Gasteiger partial charge on any atom is 0.185 e. The van der Waals surface area contributed by atoms with Gasteiger partial charge in [0, 0.05) is 12.7 Å². The summed E-state index contributed by atoms with van der Waals surface area (Å²) in [5, 5.41) is 0.206. The van der Waals surface area contributed by atoms with Gasteiger partial charge in [0.1, 0.15) is 9.84 Å². The van der Waals surface area contributed by atoms with Gasteiger partial charge in [-0.05, 0) is 19.3 Å². The Morgan fingerprint density at radius 3 is 1.58 bits per heavy atom. The van der Waals surface area contributed by atoms with Crippen molar-refractivity contribution in [3.63, 3.8) is 0 Å². The molecular formula is C19H38O3S2. The van der Waals surface area contributed by atoms with Crippen LogP contribution in [0.15, 0.2) is 0 Å². The first-order chi connectivity index (χ1) is 11.5. The summed E-state index contributed by atoms with van der Waals surface area (Å²) in [5.41, 5.74) is 0. The van der Waals surface area contributed by atoms with E-state index in [1.54, 1.807) is 6.92 Å². The van der Waals surface area contributed by atoms with Crippen LogP contribution in [0, 0.1) is 0 Å². The third-order valence-electron chi connectivity index (χ3n) is 4.21. The van der Waals surface area contributed by atoms with E-state index in [1.807, 2.05) is 0 Å². The van der Waals surface area contributed by atoms with Crippen LogP contribution >= 0.6 is 11.8 Å². The van der Waals surface area contributed by atoms with E-state index in [0.717, 1.165) is 44.3 Å². The van der Waals surface area contributed by atoms with E-state index in [4.69, 9.17) is 0 Å². The lowest BCUT2D eigenvalue weighted by Crippen LogP contribution is -2.11. The van der Waals surface area contributed by atoms with Gasteiger partial charge in [-0.1, -0.05) is 82.9 Å². The molecule has 0 aliphatic heterocycles. The van der Waals surface area contributed by atoms with Gasteiger partial charge >= 0.3 is 0 Å². The minimum Gasteiger partial charge on any atom is -0.288 e. The highest BCUT2D eigenvalue weighted by molar-refractivity contribution is 8.13. The summed E-state index contributed by atoms with van der Waals surface area (Å²) in [6.07, 6.45) is 14.4. The summed E-state index contributed by atoms with van der Waals surface area (Å²) in [4.78, 5) is 10.8. The van der Waals surface area contributed by atoms with E-state index >= 15 is 0 Å². The number of thioether (sulfide) groups is 1. The highest BCUT2D eigenvalue weighted by atomic mass is 32.2. The second kappa shape index (κ2) is 16.4. The molecule has 24 heavy (non-hydrogen) atoms. The maximum absolute atomic E-state index is 12.0. The molecule has 0 radical (unpaired) electrons. The lowest BCUT2D eigenvalue weighted by Gasteiger charge is -2.05. The third kappa shape index (κ3) is 18.3. The summed E-state index contributed by atoms with van der Waals surface area (Å²) in [5.74, 6) is 1.69. The van der Waals surface area contributed by atoms with Gasteiger partial charge in [-0.15, -0.1) is 0 Å². The molecule has 0 atom stereocenters. The van der Waals surface area contributed by atoms with E-state index in [2.05, 4.69) is 6.92 Å². The van der Waals surface area contributed by atoms with Crippen molar-refractivity contribution in [1.82, 2.24) is 0 Å². The zero-order valence-corrected chi connectivity index (χ0v) is 17.5. The van der Waals surface area contributed by atoms with Crippen molar-refractivity contribution in [3.8, 4) is 0 Å². The van der Waals surface area contributed by atoms with Crippen LogP contribution in [0.25, 0.3) is 0 Å². The summed E-state index contributed by atoms with van der Waals surface area (Å²) in [6.45, 7) is 3.81. The second-order valence-corrected chi connectivity index (χ2v) is 10.3. The summed E-state index contributed by atoms with van der Waals surface area (Å²) < 4.78 is 23.9. The molecule has 0 aromatic carbocycles. The van der Waals surface area contributed by atoms with Crippen molar-refractivity contribution in [2.75, 3.05) is 17.3 Å². The van der Waals surface area contributed by atoms with E-state index < -0.39 is 9.84 Å². The lowest BCUT2D eigenvalue weighted by atomic mass is 10.1. The van der Waals surface area contributed by atoms with Crippen LogP contribution in [0.4, 0.5) is 0 Å². The quantitative estimate of drug-likeness (QED) is 0.301. The van der Waals surface area contributed by atoms with E-state index in [9.17, 15) is 13.2 Å². The zero-order chi connectivity index (χ0) is 18.1. The van der Waals surface area contributed by atoms with Crippen molar-refractivity contribution >= 4 is 26.7 Å². The van der Waals surface area contributed by atoms with Gasteiger partial charge in [-0.3, -0.25) is 4.79 Å². The average Bonchev–Trinajstić information content (AvgIpc) is 2.52. The maximum atomic E-state index is 12.0. The molecule has 0 aliphatic carbocycles. The summed E-state index contributed by atoms with van der Waals surface area (Å²) >= 11 is 1.41. The van der Waals surface area contributed by atoms with Gasteiger partial charge in [0.2, 0.25) is 0 Å². The van der Waals surface area contributed by atoms with Crippen LogP contribution in [-0.4, -0.2) is 30.8 Å². The minimum atomic E-state index is -2.82. The smallest absolute Gasteiger partial charge is 0.185 e. The molecule has 144 valence electrons. The molecule has 0 amide bonds. The molecule has 0 saturated heterocycles. The standard InChI is InChI=1S/C19H38O3S2/c1-3-4-5-6-11-14-17-24(21,22)18-15-12-9-7-8-10-13-16-23-19(2)20/h3-18H2,1-2H3. The van der Waals surface area contributed by atoms with Gasteiger partial charge in [-0.25, -0.2) is 8.42 Å². The Kier molecular flexibility index (Phi) is 16.4. The molecule has 3 nitrogen and oxygen atoms in total. The molecule has 0 unspecified atom stereocenters. The van der Waals surface area contributed by atoms with Gasteiger partial charge < -0.3 is 0 Å². The second-order valence-electron chi connectivity index (χ2n) is 6.73. The van der Waals surface area contributed by atoms with E-state index in [1.165, 1.54) is 56.7 Å². The lowest BCUT2D eigenvalue weighted by molar-refractivity contribution is -0.109. The summed E-state index contributed by atoms with van der Waals surface area (Å²) in [6, 6.07) is 0. The largest absolute Gasteiger partial charge is 0.288 e. The first-order valence-corrected chi connectivity index (χ1v) is 12.6. The highest BCUT2D eigenvalue weighted by Crippen LogP contribution is 2.12. The predicted octanol–water partition coefficient (Wildman–Crippen LogP) is 5.77. The number of hydrogen-bond acceptors (Lipinski definition) is 4. The Balaban J connectivity index is 3.37. The Morgan fingerprint density at radius 1 is 0.708 bits per heavy atom. The van der Waals surface area contributed by atoms with Gasteiger partial charge in [-0.2, -0.15) is 0 Å². The van der Waals surface area contributed by atoms with Gasteiger partial charge in [0.05, 0.1) is 11.5 Å². The van der Waals surface area contributed by atoms with E-state index in [-0.39, 0.29) is 5.12 Å². The Hall–Kier alpha value is -0.0300. The van der Waals surface area contributed by atoms with E-state index in [0.29, 0.717) is 11.5 Å². The molecule has 0 spiro atoms. The van der Waals surface area contributed by atoms with Gasteiger partial charge in [0.15, 0.2) is 5.12 Å². The number of unbranched alkanes of at least 4 members (excludes halogenated alkanes) is 11. The predicted molar refractivity (Wildman–Crippen MR) is 107 cm³/mol. The summed E-state index contributed by atoms with van der Waals surface area (Å²) in [7, 11) is -2.82. The molecular weight excluding hydrogens is 340 g/mol. The van der Waals surface area contributed by atoms with Crippen molar-refractivity contribution in [3.05, 3.63) is 0 Å². The highest BCUT2D eigenvalue weighted by Gasteiger charge is 2.09. The van der Waals surface area contributed by atoms with Gasteiger partial charge in [0.25, 0.3) is 0 Å². The van der Waals surface area contributed by atoms with Crippen LogP contribution < -0.4 is 0 Å². The fourth-order valence-electron chi connectivity index (χ4n) is 2.73. The van der Waals surface area contributed by atoms with Crippen molar-refractivity contribution in [2.24, 2.45) is 0 Å². The van der Waals surface area contributed by atoms with Crippen molar-refractivity contribution < 1.29 is 13.2 Å². The molecule has 0 aromatic rings. The van der Waals surface area contributed by atoms with Crippen LogP contribution in [0.5, 0.6) is 0 Å². The van der Waals surface area contributed by atoms with Crippen molar-refractivity contribution in [2.45, 2.75) is 97.3 Å². The fraction of sp³-hybridized carbons (Fsp3) is 0.947. The van der Waals surface area contributed by atoms with Crippen LogP contribution in [0.1, 0.15) is 97.3 Å². The normalized spacial score (nSPS) is 11.8. The molecule has 0 N–H and O–H groups in total. The molecule has 0 fully saturated rings. The number of hydrogen-bond donors (Lipinski definition) is 0. The SMILES string of the molecule is CCCCCCCCS(=O)(=O)CCCCCCCCCSC(C)=O. The number of carbonyl (C=O) groups excluding carboxylic acids is 1. The fourth-order valence-corrected chi connectivity index (χ4v) is 4.86. The molecule has 0 saturated carbocycles. The molecule has 0 aromatic heterocycles. The Bertz CT molecular complexity index is 391. The Labute approximate surface area is 154 Å². The molecule has 0 rings (SSSR count). The van der Waals surface area contributed by atoms with Crippen LogP contribution in [0.2, 0.25) is 0 Å². The van der Waals surface area contributed by atoms with Crippen LogP contribution in [-0.2, 0) is 14.6 Å². The Morgan fingerprint density at radius 2 is 1.12 bits per heavy atom. The third-order valence-corrected chi connectivity index (χ3v) is 6.93. The minimum absolute atomic E-state index is 0.206. The zero-order valence-electron chi connectivity index (χ0n) is 15.9. The molecule has 0 bridgehead atoms.